The van der Waals surface area contributed by atoms with E-state index in [1.54, 1.807) is 0 Å². The van der Waals surface area contributed by atoms with E-state index in [1.165, 1.54) is 10.9 Å². The second-order valence-corrected chi connectivity index (χ2v) is 9.01. The van der Waals surface area contributed by atoms with E-state index in [1.807, 2.05) is 36.4 Å². The van der Waals surface area contributed by atoms with Crippen LogP contribution < -0.4 is 0 Å². The number of nitriles is 2. The minimum Gasteiger partial charge on any atom is -0.192 e. The fourth-order valence-electron chi connectivity index (χ4n) is 4.46. The molecule has 0 N–H and O–H groups in total. The molecule has 0 aliphatic rings. The molecule has 0 amide bonds. The molecule has 0 aliphatic heterocycles. The molecule has 0 fully saturated rings. The molecule has 4 aromatic carbocycles. The Morgan fingerprint density at radius 3 is 2.03 bits per heavy atom. The van der Waals surface area contributed by atoms with Crippen LogP contribution >= 0.6 is 0 Å². The molecule has 4 nitrogen and oxygen atoms in total. The van der Waals surface area contributed by atoms with E-state index in [2.05, 4.69) is 73.4 Å². The fraction of sp³-hybridized carbons (Fsp3) is 0.143. The topological polar surface area (TPSA) is 73.4 Å². The van der Waals surface area contributed by atoms with Gasteiger partial charge in [-0.25, -0.2) is 0 Å². The van der Waals surface area contributed by atoms with Crippen molar-refractivity contribution in [2.45, 2.75) is 26.2 Å². The van der Waals surface area contributed by atoms with Gasteiger partial charge in [-0.15, -0.1) is 10.2 Å². The summed E-state index contributed by atoms with van der Waals surface area (Å²) in [5.41, 5.74) is 3.37. The number of fused-ring (bicyclic) bond motifs is 3. The van der Waals surface area contributed by atoms with Crippen molar-refractivity contribution < 1.29 is 0 Å². The molecule has 5 aromatic rings. The highest BCUT2D eigenvalue weighted by Crippen LogP contribution is 2.38. The zero-order valence-electron chi connectivity index (χ0n) is 18.1. The van der Waals surface area contributed by atoms with Gasteiger partial charge in [0.1, 0.15) is 17.8 Å². The van der Waals surface area contributed by atoms with E-state index >= 15 is 0 Å². The van der Waals surface area contributed by atoms with Gasteiger partial charge in [0.25, 0.3) is 0 Å². The van der Waals surface area contributed by atoms with Gasteiger partial charge < -0.3 is 0 Å². The average Bonchev–Trinajstić information content (AvgIpc) is 2.80. The van der Waals surface area contributed by atoms with Crippen LogP contribution in [0.5, 0.6) is 0 Å². The summed E-state index contributed by atoms with van der Waals surface area (Å²) in [4.78, 5) is 0. The molecule has 32 heavy (non-hydrogen) atoms. The van der Waals surface area contributed by atoms with E-state index in [4.69, 9.17) is 0 Å². The Bertz CT molecular complexity index is 1630. The molecular formula is C28H20N4. The standard InChI is InChI=1S/C28H20N4/c1-28(2,3)24-14-19(12-17-8-5-7-11-21(17)24)27-22-13-18-9-4-6-10-20(18)23(15-29)26(22)25(16-30)31-32-27/h4-14H,1-3H3. The van der Waals surface area contributed by atoms with Crippen molar-refractivity contribution in [1.29, 1.82) is 10.5 Å². The minimum atomic E-state index is -0.0735. The molecule has 1 heterocycles. The number of benzene rings is 4. The molecule has 4 heteroatoms. The number of nitrogens with zero attached hydrogens (tertiary/aromatic N) is 4. The van der Waals surface area contributed by atoms with E-state index in [0.717, 1.165) is 27.1 Å². The second-order valence-electron chi connectivity index (χ2n) is 9.01. The third-order valence-electron chi connectivity index (χ3n) is 5.95. The third kappa shape index (κ3) is 2.97. The molecule has 0 radical (unpaired) electrons. The van der Waals surface area contributed by atoms with Gasteiger partial charge in [-0.3, -0.25) is 0 Å². The number of aromatic nitrogens is 2. The summed E-state index contributed by atoms with van der Waals surface area (Å²) in [5, 5.41) is 33.8. The molecule has 0 saturated carbocycles. The number of hydrogen-bond acceptors (Lipinski definition) is 4. The van der Waals surface area contributed by atoms with Crippen LogP contribution in [-0.2, 0) is 5.41 Å². The fourth-order valence-corrected chi connectivity index (χ4v) is 4.46. The Morgan fingerprint density at radius 1 is 0.719 bits per heavy atom. The highest BCUT2D eigenvalue weighted by Gasteiger charge is 2.21. The first-order valence-corrected chi connectivity index (χ1v) is 10.5. The molecular weight excluding hydrogens is 392 g/mol. The molecule has 0 spiro atoms. The van der Waals surface area contributed by atoms with Crippen LogP contribution in [-0.4, -0.2) is 10.2 Å². The Hall–Kier alpha value is -4.28. The van der Waals surface area contributed by atoms with Crippen molar-refractivity contribution in [2.75, 3.05) is 0 Å². The van der Waals surface area contributed by atoms with Gasteiger partial charge in [0.15, 0.2) is 5.69 Å². The Balaban J connectivity index is 1.95. The van der Waals surface area contributed by atoms with E-state index in [0.29, 0.717) is 16.6 Å². The van der Waals surface area contributed by atoms with Gasteiger partial charge in [-0.2, -0.15) is 10.5 Å². The van der Waals surface area contributed by atoms with Gasteiger partial charge in [0.05, 0.1) is 5.56 Å². The Labute approximate surface area is 186 Å². The van der Waals surface area contributed by atoms with Crippen LogP contribution in [0.15, 0.2) is 66.7 Å². The van der Waals surface area contributed by atoms with Crippen molar-refractivity contribution in [3.63, 3.8) is 0 Å². The summed E-state index contributed by atoms with van der Waals surface area (Å²) >= 11 is 0. The van der Waals surface area contributed by atoms with Crippen molar-refractivity contribution in [3.05, 3.63) is 83.6 Å². The monoisotopic (exact) mass is 412 g/mol. The highest BCUT2D eigenvalue weighted by atomic mass is 15.1. The molecule has 5 rings (SSSR count). The zero-order chi connectivity index (χ0) is 22.5. The molecule has 0 aliphatic carbocycles. The van der Waals surface area contributed by atoms with E-state index in [-0.39, 0.29) is 11.1 Å². The van der Waals surface area contributed by atoms with Crippen LogP contribution in [0.3, 0.4) is 0 Å². The maximum atomic E-state index is 10.00. The van der Waals surface area contributed by atoms with Crippen LogP contribution in [0, 0.1) is 22.7 Å². The second kappa shape index (κ2) is 7.15. The number of rotatable bonds is 1. The van der Waals surface area contributed by atoms with Crippen LogP contribution in [0.1, 0.15) is 37.6 Å². The van der Waals surface area contributed by atoms with Crippen LogP contribution in [0.2, 0.25) is 0 Å². The van der Waals surface area contributed by atoms with Crippen LogP contribution in [0.4, 0.5) is 0 Å². The van der Waals surface area contributed by atoms with Gasteiger partial charge in [0.2, 0.25) is 0 Å². The van der Waals surface area contributed by atoms with Gasteiger partial charge >= 0.3 is 0 Å². The van der Waals surface area contributed by atoms with Crippen molar-refractivity contribution in [1.82, 2.24) is 10.2 Å². The Kier molecular flexibility index (Phi) is 4.40. The molecule has 0 atom stereocenters. The summed E-state index contributed by atoms with van der Waals surface area (Å²) in [5.74, 6) is 0. The minimum absolute atomic E-state index is 0.0735. The highest BCUT2D eigenvalue weighted by molar-refractivity contribution is 6.10. The zero-order valence-corrected chi connectivity index (χ0v) is 18.1. The quantitative estimate of drug-likeness (QED) is 0.289. The van der Waals surface area contributed by atoms with Gasteiger partial charge in [-0.05, 0) is 45.3 Å². The van der Waals surface area contributed by atoms with Crippen molar-refractivity contribution in [3.8, 4) is 23.4 Å². The van der Waals surface area contributed by atoms with Gasteiger partial charge in [0, 0.05) is 21.7 Å². The maximum Gasteiger partial charge on any atom is 0.172 e. The summed E-state index contributed by atoms with van der Waals surface area (Å²) < 4.78 is 0. The largest absolute Gasteiger partial charge is 0.192 e. The summed E-state index contributed by atoms with van der Waals surface area (Å²) in [6, 6.07) is 26.8. The first kappa shape index (κ1) is 19.7. The Morgan fingerprint density at radius 2 is 1.38 bits per heavy atom. The molecule has 0 saturated heterocycles. The summed E-state index contributed by atoms with van der Waals surface area (Å²) in [6.07, 6.45) is 0. The first-order valence-electron chi connectivity index (χ1n) is 10.5. The first-order chi connectivity index (χ1) is 15.4. The number of hydrogen-bond donors (Lipinski definition) is 0. The predicted molar refractivity (Wildman–Crippen MR) is 128 cm³/mol. The molecule has 0 bridgehead atoms. The lowest BCUT2D eigenvalue weighted by atomic mass is 9.82. The molecule has 0 unspecified atom stereocenters. The van der Waals surface area contributed by atoms with Gasteiger partial charge in [-0.1, -0.05) is 69.3 Å². The lowest BCUT2D eigenvalue weighted by Crippen LogP contribution is -2.12. The van der Waals surface area contributed by atoms with E-state index in [9.17, 15) is 10.5 Å². The lowest BCUT2D eigenvalue weighted by Gasteiger charge is -2.23. The van der Waals surface area contributed by atoms with Crippen molar-refractivity contribution >= 4 is 32.3 Å². The molecule has 152 valence electrons. The smallest absolute Gasteiger partial charge is 0.172 e. The molecule has 1 aromatic heterocycles. The third-order valence-corrected chi connectivity index (χ3v) is 5.95. The maximum absolute atomic E-state index is 10.00. The summed E-state index contributed by atoms with van der Waals surface area (Å²) in [6.45, 7) is 6.59. The van der Waals surface area contributed by atoms with Crippen molar-refractivity contribution in [2.24, 2.45) is 0 Å². The predicted octanol–water partition coefficient (Wildman–Crippen LogP) is 6.64. The normalized spacial score (nSPS) is 11.5. The average molecular weight is 412 g/mol. The SMILES string of the molecule is CC(C)(C)c1cc(-c2nnc(C#N)c3c(C#N)c4ccccc4cc23)cc2ccccc12. The lowest BCUT2D eigenvalue weighted by molar-refractivity contribution is 0.596. The van der Waals surface area contributed by atoms with Crippen LogP contribution in [0.25, 0.3) is 43.6 Å². The van der Waals surface area contributed by atoms with E-state index < -0.39 is 0 Å². The summed E-state index contributed by atoms with van der Waals surface area (Å²) in [7, 11) is 0.